The lowest BCUT2D eigenvalue weighted by Gasteiger charge is -1.99. The highest BCUT2D eigenvalue weighted by Crippen LogP contribution is 2.12. The fraction of sp³-hybridized carbons (Fsp3) is 0.375. The lowest BCUT2D eigenvalue weighted by atomic mass is 10.1. The number of Topliss-reactive ketones (excluding diaryl/α,β-unsaturated/α-hetero) is 1. The van der Waals surface area contributed by atoms with E-state index in [0.29, 0.717) is 0 Å². The third-order valence-electron chi connectivity index (χ3n) is 1.42. The molecule has 11 heavy (non-hydrogen) atoms. The minimum absolute atomic E-state index is 0.0118. The van der Waals surface area contributed by atoms with Crippen LogP contribution in [0.2, 0.25) is 0 Å². The maximum absolute atomic E-state index is 12.9. The molecule has 0 heterocycles. The molecule has 0 amide bonds. The van der Waals surface area contributed by atoms with Crippen molar-refractivity contribution in [3.63, 3.8) is 0 Å². The fourth-order valence-corrected chi connectivity index (χ4v) is 0.498. The summed E-state index contributed by atoms with van der Waals surface area (Å²) in [5, 5.41) is 0. The summed E-state index contributed by atoms with van der Waals surface area (Å²) in [5.74, 6) is -0.924. The molecule has 0 aliphatic carbocycles. The molecule has 3 heteroatoms. The highest BCUT2D eigenvalue weighted by atomic mass is 19.1. The molecule has 0 radical (unpaired) electrons. The van der Waals surface area contributed by atoms with E-state index >= 15 is 0 Å². The normalized spacial score (nSPS) is 14.4. The minimum Gasteiger partial charge on any atom is -0.397 e. The van der Waals surface area contributed by atoms with Crippen molar-refractivity contribution in [2.45, 2.75) is 20.8 Å². The summed E-state index contributed by atoms with van der Waals surface area (Å²) in [6.45, 7) is 4.33. The summed E-state index contributed by atoms with van der Waals surface area (Å²) in [4.78, 5) is 10.6. The highest BCUT2D eigenvalue weighted by molar-refractivity contribution is 5.93. The molecule has 0 aromatic heterocycles. The molecule has 0 aromatic carbocycles. The van der Waals surface area contributed by atoms with Crippen molar-refractivity contribution in [3.8, 4) is 0 Å². The van der Waals surface area contributed by atoms with Gasteiger partial charge in [-0.1, -0.05) is 6.08 Å². The lowest BCUT2D eigenvalue weighted by Crippen LogP contribution is -2.03. The topological polar surface area (TPSA) is 43.1 Å². The largest absolute Gasteiger partial charge is 0.397 e. The van der Waals surface area contributed by atoms with Crippen LogP contribution in [0.3, 0.4) is 0 Å². The summed E-state index contributed by atoms with van der Waals surface area (Å²) in [7, 11) is 0. The molecule has 0 aliphatic rings. The third kappa shape index (κ3) is 2.53. The molecular weight excluding hydrogens is 145 g/mol. The molecule has 0 aliphatic heterocycles. The molecule has 0 saturated carbocycles. The van der Waals surface area contributed by atoms with E-state index in [1.165, 1.54) is 19.9 Å². The van der Waals surface area contributed by atoms with Crippen LogP contribution in [0.1, 0.15) is 20.8 Å². The van der Waals surface area contributed by atoms with Crippen LogP contribution in [0.15, 0.2) is 23.2 Å². The Kier molecular flexibility index (Phi) is 3.51. The standard InChI is InChI=1S/C8H12FNO/c1-4-7(10)8(9)5(2)6(3)11/h4H,10H2,1-3H3/b7-4+,8-5-. The van der Waals surface area contributed by atoms with E-state index in [0.717, 1.165) is 0 Å². The Morgan fingerprint density at radius 1 is 1.45 bits per heavy atom. The first-order valence-corrected chi connectivity index (χ1v) is 3.30. The second-order valence-corrected chi connectivity index (χ2v) is 2.24. The summed E-state index contributed by atoms with van der Waals surface area (Å²) >= 11 is 0. The highest BCUT2D eigenvalue weighted by Gasteiger charge is 2.07. The number of hydrogen-bond acceptors (Lipinski definition) is 2. The summed E-state index contributed by atoms with van der Waals surface area (Å²) < 4.78 is 12.9. The summed E-state index contributed by atoms with van der Waals surface area (Å²) in [6, 6.07) is 0. The summed E-state index contributed by atoms with van der Waals surface area (Å²) in [5.41, 5.74) is 5.31. The van der Waals surface area contributed by atoms with E-state index in [-0.39, 0.29) is 17.1 Å². The molecule has 0 unspecified atom stereocenters. The Labute approximate surface area is 65.6 Å². The smallest absolute Gasteiger partial charge is 0.158 e. The van der Waals surface area contributed by atoms with Crippen molar-refractivity contribution >= 4 is 5.78 Å². The molecule has 62 valence electrons. The van der Waals surface area contributed by atoms with Crippen LogP contribution in [-0.4, -0.2) is 5.78 Å². The van der Waals surface area contributed by atoms with Gasteiger partial charge in [-0.25, -0.2) is 4.39 Å². The van der Waals surface area contributed by atoms with E-state index in [4.69, 9.17) is 5.73 Å². The predicted octanol–water partition coefficient (Wildman–Crippen LogP) is 1.68. The maximum Gasteiger partial charge on any atom is 0.158 e. The van der Waals surface area contributed by atoms with Crippen LogP contribution >= 0.6 is 0 Å². The molecule has 0 rings (SSSR count). The van der Waals surface area contributed by atoms with Gasteiger partial charge in [0.1, 0.15) is 0 Å². The molecule has 0 aromatic rings. The monoisotopic (exact) mass is 157 g/mol. The van der Waals surface area contributed by atoms with E-state index in [2.05, 4.69) is 0 Å². The average Bonchev–Trinajstić information content (AvgIpc) is 2.00. The van der Waals surface area contributed by atoms with Crippen LogP contribution in [0.5, 0.6) is 0 Å². The van der Waals surface area contributed by atoms with Crippen molar-refractivity contribution < 1.29 is 9.18 Å². The van der Waals surface area contributed by atoms with E-state index < -0.39 is 5.83 Å². The number of halogens is 1. The Balaban J connectivity index is 4.81. The van der Waals surface area contributed by atoms with Crippen molar-refractivity contribution in [2.24, 2.45) is 5.73 Å². The van der Waals surface area contributed by atoms with Gasteiger partial charge in [0.25, 0.3) is 0 Å². The Morgan fingerprint density at radius 3 is 2.18 bits per heavy atom. The van der Waals surface area contributed by atoms with Gasteiger partial charge in [-0.2, -0.15) is 0 Å². The maximum atomic E-state index is 12.9. The minimum atomic E-state index is -0.625. The number of allylic oxidation sites excluding steroid dienone is 3. The quantitative estimate of drug-likeness (QED) is 0.489. The van der Waals surface area contributed by atoms with Gasteiger partial charge in [-0.15, -0.1) is 0 Å². The van der Waals surface area contributed by atoms with E-state index in [1.807, 2.05) is 0 Å². The molecule has 0 fully saturated rings. The van der Waals surface area contributed by atoms with E-state index in [1.54, 1.807) is 6.92 Å². The van der Waals surface area contributed by atoms with Gasteiger partial charge >= 0.3 is 0 Å². The van der Waals surface area contributed by atoms with Gasteiger partial charge in [0.05, 0.1) is 5.70 Å². The van der Waals surface area contributed by atoms with Gasteiger partial charge in [0, 0.05) is 5.57 Å². The number of carbonyl (C=O) groups excluding carboxylic acids is 1. The van der Waals surface area contributed by atoms with Crippen LogP contribution in [0, 0.1) is 0 Å². The molecule has 0 spiro atoms. The van der Waals surface area contributed by atoms with Crippen molar-refractivity contribution in [1.82, 2.24) is 0 Å². The average molecular weight is 157 g/mol. The van der Waals surface area contributed by atoms with Gasteiger partial charge < -0.3 is 5.73 Å². The zero-order valence-corrected chi connectivity index (χ0v) is 6.94. The van der Waals surface area contributed by atoms with E-state index in [9.17, 15) is 9.18 Å². The lowest BCUT2D eigenvalue weighted by molar-refractivity contribution is -0.113. The Bertz CT molecular complexity index is 228. The molecule has 0 bridgehead atoms. The van der Waals surface area contributed by atoms with Crippen molar-refractivity contribution in [2.75, 3.05) is 0 Å². The molecule has 0 saturated heterocycles. The first-order valence-electron chi connectivity index (χ1n) is 3.30. The zero-order valence-electron chi connectivity index (χ0n) is 6.94. The predicted molar refractivity (Wildman–Crippen MR) is 42.4 cm³/mol. The fourth-order valence-electron chi connectivity index (χ4n) is 0.498. The summed E-state index contributed by atoms with van der Waals surface area (Å²) in [6.07, 6.45) is 1.42. The Hall–Kier alpha value is -1.12. The second-order valence-electron chi connectivity index (χ2n) is 2.24. The van der Waals surface area contributed by atoms with Crippen molar-refractivity contribution in [3.05, 3.63) is 23.2 Å². The SMILES string of the molecule is C/C=C(N)\C(F)=C(/C)C(C)=O. The van der Waals surface area contributed by atoms with Gasteiger partial charge in [-0.3, -0.25) is 4.79 Å². The van der Waals surface area contributed by atoms with Crippen LogP contribution in [-0.2, 0) is 4.79 Å². The second kappa shape index (κ2) is 3.91. The number of ketones is 1. The van der Waals surface area contributed by atoms with Gasteiger partial charge in [0.2, 0.25) is 0 Å². The molecule has 2 N–H and O–H groups in total. The number of nitrogens with two attached hydrogens (primary N) is 1. The van der Waals surface area contributed by atoms with Crippen LogP contribution in [0.4, 0.5) is 4.39 Å². The van der Waals surface area contributed by atoms with Crippen LogP contribution < -0.4 is 5.73 Å². The number of carbonyl (C=O) groups is 1. The van der Waals surface area contributed by atoms with Gasteiger partial charge in [-0.05, 0) is 20.8 Å². The number of hydrogen-bond donors (Lipinski definition) is 1. The molecular formula is C8H12FNO. The van der Waals surface area contributed by atoms with Gasteiger partial charge in [0.15, 0.2) is 11.6 Å². The first-order chi connectivity index (χ1) is 5.00. The third-order valence-corrected chi connectivity index (χ3v) is 1.42. The first kappa shape index (κ1) is 9.88. The zero-order chi connectivity index (χ0) is 9.02. The molecule has 0 atom stereocenters. The molecule has 2 nitrogen and oxygen atoms in total. The van der Waals surface area contributed by atoms with Crippen LogP contribution in [0.25, 0.3) is 0 Å². The number of rotatable bonds is 2. The van der Waals surface area contributed by atoms with Crippen molar-refractivity contribution in [1.29, 1.82) is 0 Å². The Morgan fingerprint density at radius 2 is 1.91 bits per heavy atom.